The van der Waals surface area contributed by atoms with Gasteiger partial charge in [-0.3, -0.25) is 0 Å². The van der Waals surface area contributed by atoms with Crippen LogP contribution in [0.1, 0.15) is 17.2 Å². The molecule has 0 aromatic heterocycles. The van der Waals surface area contributed by atoms with Crippen LogP contribution in [0.5, 0.6) is 5.75 Å². The minimum Gasteiger partial charge on any atom is -0.478 e. The topological polar surface area (TPSA) is 35.2 Å². The molecule has 0 aliphatic rings. The van der Waals surface area contributed by atoms with Crippen LogP contribution in [0.3, 0.4) is 0 Å². The summed E-state index contributed by atoms with van der Waals surface area (Å²) in [6, 6.07) is 16.4. The Kier molecular flexibility index (Phi) is 5.38. The van der Waals surface area contributed by atoms with Gasteiger partial charge in [0.05, 0.1) is 0 Å². The second-order valence-electron chi connectivity index (χ2n) is 5.41. The molecule has 1 atom stereocenters. The molecule has 3 aromatic rings. The van der Waals surface area contributed by atoms with Gasteiger partial charge in [0, 0.05) is 32.4 Å². The van der Waals surface area contributed by atoms with E-state index in [1.165, 1.54) is 12.1 Å². The lowest BCUT2D eigenvalue weighted by molar-refractivity contribution is 0.236. The van der Waals surface area contributed by atoms with Crippen LogP contribution in [0.4, 0.5) is 10.1 Å². The first kappa shape index (κ1) is 17.9. The lowest BCUT2D eigenvalue weighted by atomic mass is 10.0. The van der Waals surface area contributed by atoms with E-state index < -0.39 is 11.9 Å². The maximum Gasteiger partial charge on any atom is 0.167 e. The summed E-state index contributed by atoms with van der Waals surface area (Å²) < 4.78 is 20.1. The summed E-state index contributed by atoms with van der Waals surface area (Å²) in [4.78, 5) is 0. The first-order chi connectivity index (χ1) is 11.9. The Morgan fingerprint density at radius 3 is 2.16 bits per heavy atom. The lowest BCUT2D eigenvalue weighted by Crippen LogP contribution is -2.11. The van der Waals surface area contributed by atoms with Crippen molar-refractivity contribution in [3.8, 4) is 5.75 Å². The highest BCUT2D eigenvalue weighted by atomic mass is 35.5. The van der Waals surface area contributed by atoms with Crippen LogP contribution in [0.25, 0.3) is 0 Å². The number of hydrogen-bond donors (Lipinski definition) is 1. The largest absolute Gasteiger partial charge is 0.478 e. The Bertz CT molecular complexity index is 900. The highest BCUT2D eigenvalue weighted by molar-refractivity contribution is 6.35. The molecule has 0 aliphatic heterocycles. The molecule has 128 valence electrons. The van der Waals surface area contributed by atoms with Crippen LogP contribution in [0.2, 0.25) is 15.1 Å². The molecule has 0 spiro atoms. The van der Waals surface area contributed by atoms with Gasteiger partial charge in [0.25, 0.3) is 0 Å². The molecule has 0 radical (unpaired) electrons. The molecule has 0 amide bonds. The fourth-order valence-electron chi connectivity index (χ4n) is 2.40. The standard InChI is InChI=1S/C19H13Cl3FNO/c20-12-3-1-11(2-4-12)19(15-7-5-13(21)9-16(15)22)25-18-8-6-14(24)10-17(18)23/h1-10,19H,24H2. The highest BCUT2D eigenvalue weighted by Crippen LogP contribution is 2.35. The Hall–Kier alpha value is -1.94. The van der Waals surface area contributed by atoms with Gasteiger partial charge in [-0.1, -0.05) is 53.0 Å². The molecule has 6 heteroatoms. The Balaban J connectivity index is 2.06. The predicted octanol–water partition coefficient (Wildman–Crippen LogP) is 6.54. The van der Waals surface area contributed by atoms with Crippen LogP contribution in [-0.4, -0.2) is 0 Å². The fourth-order valence-corrected chi connectivity index (χ4v) is 3.04. The molecule has 0 saturated carbocycles. The van der Waals surface area contributed by atoms with E-state index in [0.717, 1.165) is 5.56 Å². The maximum atomic E-state index is 14.2. The number of benzene rings is 3. The summed E-state index contributed by atoms with van der Waals surface area (Å²) in [5.74, 6) is -0.482. The monoisotopic (exact) mass is 395 g/mol. The molecule has 2 N–H and O–H groups in total. The van der Waals surface area contributed by atoms with Crippen molar-refractivity contribution >= 4 is 40.5 Å². The minimum absolute atomic E-state index is 0.0696. The number of nitrogen functional groups attached to an aromatic ring is 1. The quantitative estimate of drug-likeness (QED) is 0.508. The van der Waals surface area contributed by atoms with Gasteiger partial charge in [-0.25, -0.2) is 4.39 Å². The molecule has 0 saturated heterocycles. The van der Waals surface area contributed by atoms with Gasteiger partial charge < -0.3 is 10.5 Å². The molecular weight excluding hydrogens is 384 g/mol. The zero-order valence-electron chi connectivity index (χ0n) is 12.8. The van der Waals surface area contributed by atoms with Crippen LogP contribution in [0, 0.1) is 5.82 Å². The fraction of sp³-hybridized carbons (Fsp3) is 0.0526. The lowest BCUT2D eigenvalue weighted by Gasteiger charge is -2.22. The summed E-state index contributed by atoms with van der Waals surface area (Å²) in [5.41, 5.74) is 7.33. The van der Waals surface area contributed by atoms with Crippen molar-refractivity contribution in [3.05, 3.63) is 92.7 Å². The van der Waals surface area contributed by atoms with Crippen molar-refractivity contribution in [2.24, 2.45) is 0 Å². The average molecular weight is 397 g/mol. The first-order valence-corrected chi connectivity index (χ1v) is 8.49. The number of ether oxygens (including phenoxy) is 1. The van der Waals surface area contributed by atoms with Crippen LogP contribution in [0.15, 0.2) is 60.7 Å². The number of halogens is 4. The minimum atomic E-state index is -0.639. The predicted molar refractivity (Wildman–Crippen MR) is 101 cm³/mol. The van der Waals surface area contributed by atoms with Crippen molar-refractivity contribution in [2.75, 3.05) is 5.73 Å². The maximum absolute atomic E-state index is 14.2. The summed E-state index contributed by atoms with van der Waals surface area (Å²) in [6.45, 7) is 0. The number of hydrogen-bond acceptors (Lipinski definition) is 2. The van der Waals surface area contributed by atoms with Crippen molar-refractivity contribution in [3.63, 3.8) is 0 Å². The molecule has 0 fully saturated rings. The van der Waals surface area contributed by atoms with E-state index in [2.05, 4.69) is 0 Å². The molecule has 0 heterocycles. The van der Waals surface area contributed by atoms with Gasteiger partial charge in [-0.15, -0.1) is 0 Å². The second-order valence-corrected chi connectivity index (χ2v) is 6.69. The van der Waals surface area contributed by atoms with E-state index >= 15 is 0 Å². The second kappa shape index (κ2) is 7.52. The van der Waals surface area contributed by atoms with Gasteiger partial charge in [0.1, 0.15) is 0 Å². The van der Waals surface area contributed by atoms with E-state index in [9.17, 15) is 4.39 Å². The van der Waals surface area contributed by atoms with Gasteiger partial charge in [0.2, 0.25) is 0 Å². The Labute approximate surface area is 159 Å². The third kappa shape index (κ3) is 4.18. The molecule has 0 aliphatic carbocycles. The Morgan fingerprint density at radius 1 is 0.840 bits per heavy atom. The SMILES string of the molecule is Nc1ccc(OC(c2ccc(Cl)cc2)c2ccc(Cl)cc2Cl)c(F)c1. The normalized spacial score (nSPS) is 12.0. The van der Waals surface area contributed by atoms with Crippen molar-refractivity contribution < 1.29 is 9.13 Å². The van der Waals surface area contributed by atoms with E-state index in [1.807, 2.05) is 0 Å². The zero-order chi connectivity index (χ0) is 18.0. The van der Waals surface area contributed by atoms with E-state index in [-0.39, 0.29) is 5.75 Å². The highest BCUT2D eigenvalue weighted by Gasteiger charge is 2.21. The third-order valence-corrected chi connectivity index (χ3v) is 4.43. The van der Waals surface area contributed by atoms with Crippen LogP contribution < -0.4 is 10.5 Å². The molecular formula is C19H13Cl3FNO. The molecule has 3 rings (SSSR count). The van der Waals surface area contributed by atoms with E-state index in [4.69, 9.17) is 45.3 Å². The molecule has 1 unspecified atom stereocenters. The molecule has 3 aromatic carbocycles. The smallest absolute Gasteiger partial charge is 0.167 e. The zero-order valence-corrected chi connectivity index (χ0v) is 15.1. The first-order valence-electron chi connectivity index (χ1n) is 7.36. The van der Waals surface area contributed by atoms with Gasteiger partial charge >= 0.3 is 0 Å². The van der Waals surface area contributed by atoms with Crippen molar-refractivity contribution in [1.82, 2.24) is 0 Å². The number of nitrogens with two attached hydrogens (primary N) is 1. The number of anilines is 1. The van der Waals surface area contributed by atoms with E-state index in [0.29, 0.717) is 26.3 Å². The number of rotatable bonds is 4. The van der Waals surface area contributed by atoms with Gasteiger partial charge in [0.15, 0.2) is 17.7 Å². The molecule has 25 heavy (non-hydrogen) atoms. The van der Waals surface area contributed by atoms with Crippen LogP contribution >= 0.6 is 34.8 Å². The summed E-state index contributed by atoms with van der Waals surface area (Å²) in [6.07, 6.45) is -0.639. The summed E-state index contributed by atoms with van der Waals surface area (Å²) >= 11 is 18.3. The molecule has 2 nitrogen and oxygen atoms in total. The average Bonchev–Trinajstić information content (AvgIpc) is 2.56. The van der Waals surface area contributed by atoms with Crippen molar-refractivity contribution in [2.45, 2.75) is 6.10 Å². The molecule has 0 bridgehead atoms. The van der Waals surface area contributed by atoms with Crippen LogP contribution in [-0.2, 0) is 0 Å². The summed E-state index contributed by atoms with van der Waals surface area (Å²) in [5, 5.41) is 1.51. The van der Waals surface area contributed by atoms with E-state index in [1.54, 1.807) is 48.5 Å². The summed E-state index contributed by atoms with van der Waals surface area (Å²) in [7, 11) is 0. The Morgan fingerprint density at radius 2 is 1.52 bits per heavy atom. The van der Waals surface area contributed by atoms with Crippen molar-refractivity contribution in [1.29, 1.82) is 0 Å². The van der Waals surface area contributed by atoms with Gasteiger partial charge in [-0.05, 0) is 42.0 Å². The third-order valence-electron chi connectivity index (χ3n) is 3.62. The van der Waals surface area contributed by atoms with Gasteiger partial charge in [-0.2, -0.15) is 0 Å².